The average Bonchev–Trinajstić information content (AvgIpc) is 2.85. The highest BCUT2D eigenvalue weighted by atomic mass is 35.5. The summed E-state index contributed by atoms with van der Waals surface area (Å²) in [5.41, 5.74) is 7.30. The zero-order valence-electron chi connectivity index (χ0n) is 21.9. The molecule has 0 aliphatic carbocycles. The Balaban J connectivity index is 0.00000150. The molecule has 196 valence electrons. The first-order chi connectivity index (χ1) is 17.0. The van der Waals surface area contributed by atoms with Gasteiger partial charge in [0.05, 0.1) is 17.9 Å². The largest absolute Gasteiger partial charge is 0.370 e. The molecule has 7 nitrogen and oxygen atoms in total. The van der Waals surface area contributed by atoms with Gasteiger partial charge in [-0.15, -0.1) is 0 Å². The van der Waals surface area contributed by atoms with Crippen molar-refractivity contribution in [2.24, 2.45) is 17.6 Å². The second-order valence-corrected chi connectivity index (χ2v) is 9.50. The van der Waals surface area contributed by atoms with Gasteiger partial charge in [-0.3, -0.25) is 19.8 Å². The summed E-state index contributed by atoms with van der Waals surface area (Å²) in [6.07, 6.45) is 3.08. The van der Waals surface area contributed by atoms with Crippen LogP contribution in [0.2, 0.25) is 5.02 Å². The zero-order chi connectivity index (χ0) is 27.3. The van der Waals surface area contributed by atoms with Gasteiger partial charge in [-0.25, -0.2) is 0 Å². The van der Waals surface area contributed by atoms with Crippen molar-refractivity contribution in [3.05, 3.63) is 64.7 Å². The molecule has 0 bridgehead atoms. The number of carbonyl (C=O) groups is 3. The molecular weight excluding hydrogens is 476 g/mol. The molecule has 2 aromatic rings. The molecule has 4 N–H and O–H groups in total. The summed E-state index contributed by atoms with van der Waals surface area (Å²) < 4.78 is 0. The number of para-hydroxylation sites is 1. The fraction of sp³-hybridized carbons (Fsp3) is 0.429. The fourth-order valence-corrected chi connectivity index (χ4v) is 3.53. The Morgan fingerprint density at radius 2 is 1.61 bits per heavy atom. The molecule has 0 saturated carbocycles. The molecule has 0 spiro atoms. The van der Waals surface area contributed by atoms with Gasteiger partial charge in [-0.1, -0.05) is 82.5 Å². The van der Waals surface area contributed by atoms with Crippen LogP contribution in [0.25, 0.3) is 0 Å². The van der Waals surface area contributed by atoms with Gasteiger partial charge in [-0.05, 0) is 30.5 Å². The van der Waals surface area contributed by atoms with Crippen LogP contribution in [-0.2, 0) is 14.4 Å². The molecule has 0 unspecified atom stereocenters. The summed E-state index contributed by atoms with van der Waals surface area (Å²) in [4.78, 5) is 38.0. The number of primary amides is 1. The Morgan fingerprint density at radius 1 is 1.03 bits per heavy atom. The molecule has 0 saturated heterocycles. The summed E-state index contributed by atoms with van der Waals surface area (Å²) in [6.45, 7) is 8.03. The van der Waals surface area contributed by atoms with Crippen molar-refractivity contribution in [2.45, 2.75) is 53.4 Å². The molecule has 0 fully saturated rings. The molecule has 0 heterocycles. The third kappa shape index (κ3) is 10.2. The average molecular weight is 515 g/mol. The third-order valence-corrected chi connectivity index (χ3v) is 5.78. The normalized spacial score (nSPS) is 11.2. The van der Waals surface area contributed by atoms with Crippen LogP contribution in [0, 0.1) is 17.2 Å². The van der Waals surface area contributed by atoms with Crippen LogP contribution >= 0.6 is 11.6 Å². The minimum atomic E-state index is -0.573. The lowest BCUT2D eigenvalue weighted by atomic mass is 9.93. The lowest BCUT2D eigenvalue weighted by Gasteiger charge is -2.22. The van der Waals surface area contributed by atoms with E-state index in [1.807, 2.05) is 13.8 Å². The van der Waals surface area contributed by atoms with Gasteiger partial charge in [0.2, 0.25) is 17.7 Å². The highest BCUT2D eigenvalue weighted by Crippen LogP contribution is 2.23. The SMILES string of the molecule is CC(C)C[C@H](CC(N)=O)C(=O)NCC(=O)N(C)c1ccccc1C(=N)c1ccc(Cl)cc1.CCCC. The van der Waals surface area contributed by atoms with E-state index in [1.165, 1.54) is 17.7 Å². The first-order valence-electron chi connectivity index (χ1n) is 12.3. The number of unbranched alkanes of at least 4 members (excludes halogenated alkanes) is 1. The highest BCUT2D eigenvalue weighted by Gasteiger charge is 2.24. The standard InChI is InChI=1S/C24H29ClN4O3.C4H10/c1-15(2)12-17(13-21(26)30)24(32)28-14-22(31)29(3)20-7-5-4-6-19(20)23(27)16-8-10-18(25)11-9-16;1-3-4-2/h4-11,15,17,27H,12-14H2,1-3H3,(H2,26,30)(H,28,32);3-4H2,1-2H3/t17-;/m1./s1. The van der Waals surface area contributed by atoms with E-state index in [0.29, 0.717) is 28.3 Å². The van der Waals surface area contributed by atoms with Gasteiger partial charge in [0.25, 0.3) is 0 Å². The summed E-state index contributed by atoms with van der Waals surface area (Å²) >= 11 is 5.94. The van der Waals surface area contributed by atoms with Gasteiger partial charge < -0.3 is 16.0 Å². The minimum absolute atomic E-state index is 0.0604. The number of hydrogen-bond donors (Lipinski definition) is 3. The Kier molecular flexibility index (Phi) is 13.5. The van der Waals surface area contributed by atoms with Crippen molar-refractivity contribution >= 4 is 40.7 Å². The van der Waals surface area contributed by atoms with Gasteiger partial charge >= 0.3 is 0 Å². The maximum Gasteiger partial charge on any atom is 0.246 e. The van der Waals surface area contributed by atoms with Crippen LogP contribution in [0.3, 0.4) is 0 Å². The monoisotopic (exact) mass is 514 g/mol. The van der Waals surface area contributed by atoms with Crippen molar-refractivity contribution in [2.75, 3.05) is 18.5 Å². The van der Waals surface area contributed by atoms with Crippen LogP contribution in [0.15, 0.2) is 48.5 Å². The fourth-order valence-electron chi connectivity index (χ4n) is 3.40. The highest BCUT2D eigenvalue weighted by molar-refractivity contribution is 6.30. The second-order valence-electron chi connectivity index (χ2n) is 9.07. The van der Waals surface area contributed by atoms with Gasteiger partial charge in [0.1, 0.15) is 0 Å². The van der Waals surface area contributed by atoms with Crippen LogP contribution < -0.4 is 16.0 Å². The molecule has 3 amide bonds. The number of nitrogens with two attached hydrogens (primary N) is 1. The Labute approximate surface area is 219 Å². The van der Waals surface area contributed by atoms with E-state index in [1.54, 1.807) is 55.6 Å². The van der Waals surface area contributed by atoms with Crippen molar-refractivity contribution in [3.8, 4) is 0 Å². The van der Waals surface area contributed by atoms with E-state index in [4.69, 9.17) is 22.7 Å². The molecule has 2 aromatic carbocycles. The van der Waals surface area contributed by atoms with Gasteiger partial charge in [0, 0.05) is 35.5 Å². The molecule has 2 rings (SSSR count). The molecule has 36 heavy (non-hydrogen) atoms. The summed E-state index contributed by atoms with van der Waals surface area (Å²) in [5.74, 6) is -1.65. The van der Waals surface area contributed by atoms with Crippen molar-refractivity contribution in [1.29, 1.82) is 5.41 Å². The van der Waals surface area contributed by atoms with Gasteiger partial charge in [0.15, 0.2) is 0 Å². The first-order valence-corrected chi connectivity index (χ1v) is 12.7. The number of nitrogens with zero attached hydrogens (tertiary/aromatic N) is 1. The van der Waals surface area contributed by atoms with Crippen molar-refractivity contribution in [3.63, 3.8) is 0 Å². The van der Waals surface area contributed by atoms with E-state index in [9.17, 15) is 14.4 Å². The number of benzene rings is 2. The lowest BCUT2D eigenvalue weighted by molar-refractivity contribution is -0.131. The topological polar surface area (TPSA) is 116 Å². The first kappa shape index (κ1) is 30.8. The molecule has 0 aromatic heterocycles. The molecule has 8 heteroatoms. The number of carbonyl (C=O) groups excluding carboxylic acids is 3. The maximum atomic E-state index is 12.8. The summed E-state index contributed by atoms with van der Waals surface area (Å²) in [5, 5.41) is 11.8. The molecule has 1 atom stereocenters. The van der Waals surface area contributed by atoms with Crippen LogP contribution in [0.1, 0.15) is 64.5 Å². The Bertz CT molecular complexity index is 1020. The zero-order valence-corrected chi connectivity index (χ0v) is 22.7. The molecule has 0 radical (unpaired) electrons. The predicted octanol–water partition coefficient (Wildman–Crippen LogP) is 5.18. The smallest absolute Gasteiger partial charge is 0.246 e. The maximum absolute atomic E-state index is 12.8. The van der Waals surface area contributed by atoms with E-state index in [-0.39, 0.29) is 36.4 Å². The predicted molar refractivity (Wildman–Crippen MR) is 148 cm³/mol. The number of anilines is 1. The number of hydrogen-bond acceptors (Lipinski definition) is 4. The van der Waals surface area contributed by atoms with Crippen molar-refractivity contribution in [1.82, 2.24) is 5.32 Å². The van der Waals surface area contributed by atoms with E-state index in [0.717, 1.165) is 0 Å². The Hall–Kier alpha value is -3.19. The van der Waals surface area contributed by atoms with Crippen LogP contribution in [-0.4, -0.2) is 37.0 Å². The van der Waals surface area contributed by atoms with Crippen molar-refractivity contribution < 1.29 is 14.4 Å². The van der Waals surface area contributed by atoms with Gasteiger partial charge in [-0.2, -0.15) is 0 Å². The summed E-state index contributed by atoms with van der Waals surface area (Å²) in [7, 11) is 1.59. The number of rotatable bonds is 11. The molecule has 0 aliphatic rings. The quantitative estimate of drug-likeness (QED) is 0.358. The molecule has 0 aliphatic heterocycles. The summed E-state index contributed by atoms with van der Waals surface area (Å²) in [6, 6.07) is 14.0. The van der Waals surface area contributed by atoms with E-state index in [2.05, 4.69) is 19.2 Å². The Morgan fingerprint density at radius 3 is 2.14 bits per heavy atom. The number of likely N-dealkylation sites (N-methyl/N-ethyl adjacent to an activating group) is 1. The third-order valence-electron chi connectivity index (χ3n) is 5.53. The van der Waals surface area contributed by atoms with Crippen LogP contribution in [0.4, 0.5) is 5.69 Å². The van der Waals surface area contributed by atoms with E-state index >= 15 is 0 Å². The van der Waals surface area contributed by atoms with Crippen LogP contribution in [0.5, 0.6) is 0 Å². The number of nitrogens with one attached hydrogen (secondary N) is 2. The van der Waals surface area contributed by atoms with E-state index < -0.39 is 11.8 Å². The second kappa shape index (κ2) is 15.7. The lowest BCUT2D eigenvalue weighted by Crippen LogP contribution is -2.42. The molecular formula is C28H39ClN4O3. The number of amides is 3. The number of halogens is 1. The minimum Gasteiger partial charge on any atom is -0.370 e.